The number of amides is 1. The number of halogens is 1. The van der Waals surface area contributed by atoms with Gasteiger partial charge in [0.25, 0.3) is 5.91 Å². The zero-order valence-electron chi connectivity index (χ0n) is 11.9. The number of nitrogens with two attached hydrogens (primary N) is 1. The molecule has 22 heavy (non-hydrogen) atoms. The second kappa shape index (κ2) is 6.58. The molecule has 116 valence electrons. The summed E-state index contributed by atoms with van der Waals surface area (Å²) in [6.07, 6.45) is 5.51. The Hall–Kier alpha value is -1.73. The van der Waals surface area contributed by atoms with E-state index in [2.05, 4.69) is 20.5 Å². The first-order valence-corrected chi connectivity index (χ1v) is 8.37. The van der Waals surface area contributed by atoms with Crippen molar-refractivity contribution in [3.63, 3.8) is 0 Å². The van der Waals surface area contributed by atoms with Crippen LogP contribution in [0.2, 0.25) is 5.15 Å². The molecule has 8 heteroatoms. The summed E-state index contributed by atoms with van der Waals surface area (Å²) >= 11 is 7.51. The molecule has 2 aromatic rings. The van der Waals surface area contributed by atoms with Crippen molar-refractivity contribution in [2.75, 3.05) is 11.9 Å². The highest BCUT2D eigenvalue weighted by atomic mass is 35.5. The van der Waals surface area contributed by atoms with Crippen LogP contribution in [0.4, 0.5) is 5.82 Å². The lowest BCUT2D eigenvalue weighted by Gasteiger charge is -2.07. The number of nitrogens with one attached hydrogen (secondary N) is 1. The molecule has 0 bridgehead atoms. The number of anilines is 1. The van der Waals surface area contributed by atoms with E-state index in [1.165, 1.54) is 29.5 Å². The van der Waals surface area contributed by atoms with Crippen LogP contribution in [0, 0.1) is 0 Å². The first kappa shape index (κ1) is 15.2. The van der Waals surface area contributed by atoms with Gasteiger partial charge in [0.1, 0.15) is 0 Å². The Morgan fingerprint density at radius 2 is 2.18 bits per heavy atom. The summed E-state index contributed by atoms with van der Waals surface area (Å²) in [6, 6.07) is 1.42. The molecule has 0 atom stereocenters. The molecule has 3 N–H and O–H groups in total. The first-order chi connectivity index (χ1) is 10.6. The number of fused-ring (bicyclic) bond motifs is 1. The molecular weight excluding hydrogens is 322 g/mol. The van der Waals surface area contributed by atoms with Crippen molar-refractivity contribution in [3.05, 3.63) is 32.4 Å². The average Bonchev–Trinajstić information content (AvgIpc) is 2.91. The fourth-order valence-electron chi connectivity index (χ4n) is 2.49. The van der Waals surface area contributed by atoms with Crippen LogP contribution in [0.1, 0.15) is 38.8 Å². The number of rotatable bonds is 5. The van der Waals surface area contributed by atoms with Crippen LogP contribution in [0.3, 0.4) is 0 Å². The van der Waals surface area contributed by atoms with Crippen LogP contribution in [0.25, 0.3) is 0 Å². The van der Waals surface area contributed by atoms with Crippen LogP contribution >= 0.6 is 22.9 Å². The lowest BCUT2D eigenvalue weighted by molar-refractivity contribution is 0.100. The van der Waals surface area contributed by atoms with Gasteiger partial charge in [-0.3, -0.25) is 4.79 Å². The van der Waals surface area contributed by atoms with Crippen LogP contribution < -0.4 is 11.1 Å². The van der Waals surface area contributed by atoms with Crippen molar-refractivity contribution < 1.29 is 4.79 Å². The molecule has 0 radical (unpaired) electrons. The normalized spacial score (nSPS) is 13.7. The molecule has 0 aromatic carbocycles. The van der Waals surface area contributed by atoms with Crippen molar-refractivity contribution >= 4 is 34.7 Å². The van der Waals surface area contributed by atoms with Crippen LogP contribution in [0.5, 0.6) is 0 Å². The van der Waals surface area contributed by atoms with Crippen LogP contribution in [-0.4, -0.2) is 27.6 Å². The van der Waals surface area contributed by atoms with E-state index in [1.807, 2.05) is 0 Å². The number of carbonyl (C=O) groups excluding carboxylic acids is 1. The third-order valence-electron chi connectivity index (χ3n) is 3.55. The van der Waals surface area contributed by atoms with E-state index in [0.717, 1.165) is 24.3 Å². The van der Waals surface area contributed by atoms with Gasteiger partial charge >= 0.3 is 0 Å². The zero-order valence-corrected chi connectivity index (χ0v) is 13.5. The van der Waals surface area contributed by atoms with Gasteiger partial charge < -0.3 is 11.1 Å². The number of primary amides is 1. The number of carbonyl (C=O) groups is 1. The molecule has 3 rings (SSSR count). The van der Waals surface area contributed by atoms with Gasteiger partial charge in [-0.25, -0.2) is 4.98 Å². The summed E-state index contributed by atoms with van der Waals surface area (Å²) in [5, 5.41) is 12.0. The summed E-state index contributed by atoms with van der Waals surface area (Å²) in [5.41, 5.74) is 6.82. The number of aryl methyl sites for hydroxylation is 2. The molecule has 1 aliphatic carbocycles. The molecule has 1 aliphatic rings. The monoisotopic (exact) mass is 337 g/mol. The predicted octanol–water partition coefficient (Wildman–Crippen LogP) is 2.22. The molecule has 0 spiro atoms. The molecule has 0 unspecified atom stereocenters. The van der Waals surface area contributed by atoms with Crippen molar-refractivity contribution in [1.29, 1.82) is 0 Å². The van der Waals surface area contributed by atoms with E-state index in [9.17, 15) is 4.79 Å². The van der Waals surface area contributed by atoms with Gasteiger partial charge in [0.05, 0.1) is 16.3 Å². The molecule has 0 aliphatic heterocycles. The van der Waals surface area contributed by atoms with Gasteiger partial charge in [-0.15, -0.1) is 21.5 Å². The van der Waals surface area contributed by atoms with Gasteiger partial charge in [0.2, 0.25) is 0 Å². The molecular formula is C14H16ClN5OS. The minimum atomic E-state index is -0.580. The largest absolute Gasteiger partial charge is 0.367 e. The maximum atomic E-state index is 11.4. The molecule has 0 saturated heterocycles. The quantitative estimate of drug-likeness (QED) is 0.872. The highest BCUT2D eigenvalue weighted by Crippen LogP contribution is 2.27. The lowest BCUT2D eigenvalue weighted by atomic mass is 10.0. The van der Waals surface area contributed by atoms with E-state index in [0.29, 0.717) is 12.4 Å². The highest BCUT2D eigenvalue weighted by Gasteiger charge is 2.15. The summed E-state index contributed by atoms with van der Waals surface area (Å²) in [6.45, 7) is 0.614. The number of hydrogen-bond acceptors (Lipinski definition) is 6. The SMILES string of the molecule is NC(=O)c1cc(Cl)nnc1NCCc1nc2c(s1)CCCC2. The standard InChI is InChI=1S/C14H16ClN5OS/c15-11-7-8(13(16)21)14(20-19-11)17-6-5-12-18-9-3-1-2-4-10(9)22-12/h7H,1-6H2,(H2,16,21)(H,17,20). The second-order valence-electron chi connectivity index (χ2n) is 5.15. The third-order valence-corrected chi connectivity index (χ3v) is 4.95. The summed E-state index contributed by atoms with van der Waals surface area (Å²) in [4.78, 5) is 17.5. The Labute approximate surface area is 137 Å². The average molecular weight is 338 g/mol. The summed E-state index contributed by atoms with van der Waals surface area (Å²) < 4.78 is 0. The van der Waals surface area contributed by atoms with Gasteiger partial charge in [0.15, 0.2) is 11.0 Å². The number of hydrogen-bond donors (Lipinski definition) is 2. The van der Waals surface area contributed by atoms with E-state index in [-0.39, 0.29) is 10.7 Å². The molecule has 2 heterocycles. The van der Waals surface area contributed by atoms with Crippen molar-refractivity contribution in [2.45, 2.75) is 32.1 Å². The van der Waals surface area contributed by atoms with E-state index >= 15 is 0 Å². The third kappa shape index (κ3) is 3.36. The van der Waals surface area contributed by atoms with E-state index in [4.69, 9.17) is 17.3 Å². The van der Waals surface area contributed by atoms with Crippen LogP contribution in [-0.2, 0) is 19.3 Å². The highest BCUT2D eigenvalue weighted by molar-refractivity contribution is 7.11. The van der Waals surface area contributed by atoms with Crippen molar-refractivity contribution in [3.8, 4) is 0 Å². The fourth-order valence-corrected chi connectivity index (χ4v) is 3.79. The zero-order chi connectivity index (χ0) is 15.5. The Morgan fingerprint density at radius 3 is 2.95 bits per heavy atom. The van der Waals surface area contributed by atoms with Crippen molar-refractivity contribution in [1.82, 2.24) is 15.2 Å². The maximum absolute atomic E-state index is 11.4. The van der Waals surface area contributed by atoms with Crippen molar-refractivity contribution in [2.24, 2.45) is 5.73 Å². The fraction of sp³-hybridized carbons (Fsp3) is 0.429. The van der Waals surface area contributed by atoms with Gasteiger partial charge in [-0.05, 0) is 31.7 Å². The number of nitrogens with zero attached hydrogens (tertiary/aromatic N) is 3. The topological polar surface area (TPSA) is 93.8 Å². The summed E-state index contributed by atoms with van der Waals surface area (Å²) in [5.74, 6) is -0.220. The maximum Gasteiger partial charge on any atom is 0.252 e. The van der Waals surface area contributed by atoms with Gasteiger partial charge in [-0.2, -0.15) is 0 Å². The van der Waals surface area contributed by atoms with Crippen LogP contribution in [0.15, 0.2) is 6.07 Å². The minimum Gasteiger partial charge on any atom is -0.367 e. The van der Waals surface area contributed by atoms with E-state index in [1.54, 1.807) is 11.3 Å². The Kier molecular flexibility index (Phi) is 4.54. The molecule has 0 saturated carbocycles. The predicted molar refractivity (Wildman–Crippen MR) is 86.5 cm³/mol. The molecule has 0 fully saturated rings. The second-order valence-corrected chi connectivity index (χ2v) is 6.71. The minimum absolute atomic E-state index is 0.145. The Balaban J connectivity index is 1.63. The summed E-state index contributed by atoms with van der Waals surface area (Å²) in [7, 11) is 0. The number of aromatic nitrogens is 3. The Bertz CT molecular complexity index is 679. The Morgan fingerprint density at radius 1 is 1.36 bits per heavy atom. The van der Waals surface area contributed by atoms with Gasteiger partial charge in [-0.1, -0.05) is 11.6 Å². The molecule has 6 nitrogen and oxygen atoms in total. The molecule has 1 amide bonds. The van der Waals surface area contributed by atoms with Gasteiger partial charge in [0, 0.05) is 17.8 Å². The number of thiazole rings is 1. The molecule has 2 aromatic heterocycles. The smallest absolute Gasteiger partial charge is 0.252 e. The van der Waals surface area contributed by atoms with E-state index < -0.39 is 5.91 Å². The first-order valence-electron chi connectivity index (χ1n) is 7.18. The lowest BCUT2D eigenvalue weighted by Crippen LogP contribution is -2.17.